The van der Waals surface area contributed by atoms with Gasteiger partial charge in [-0.1, -0.05) is 25.7 Å². The Balaban J connectivity index is 1.98. The summed E-state index contributed by atoms with van der Waals surface area (Å²) in [7, 11) is 0. The van der Waals surface area contributed by atoms with Gasteiger partial charge in [0.05, 0.1) is 6.10 Å². The first-order chi connectivity index (χ1) is 8.99. The van der Waals surface area contributed by atoms with Crippen molar-refractivity contribution in [2.45, 2.75) is 55.5 Å². The van der Waals surface area contributed by atoms with Crippen molar-refractivity contribution >= 4 is 17.0 Å². The van der Waals surface area contributed by atoms with Crippen molar-refractivity contribution < 1.29 is 24.9 Å². The molecule has 0 aromatic heterocycles. The molecule has 6 nitrogen and oxygen atoms in total. The van der Waals surface area contributed by atoms with Gasteiger partial charge in [0.25, 0.3) is 5.24 Å². The number of nitrogens with two attached hydrogens (primary N) is 1. The second-order valence-electron chi connectivity index (χ2n) is 5.11. The Kier molecular flexibility index (Phi) is 5.08. The average molecular weight is 290 g/mol. The highest BCUT2D eigenvalue weighted by molar-refractivity contribution is 8.13. The van der Waals surface area contributed by atoms with Crippen molar-refractivity contribution in [3.8, 4) is 0 Å². The fourth-order valence-electron chi connectivity index (χ4n) is 2.66. The number of primary amides is 1. The molecule has 1 aliphatic carbocycles. The van der Waals surface area contributed by atoms with Crippen LogP contribution in [0.15, 0.2) is 0 Å². The van der Waals surface area contributed by atoms with E-state index in [1.165, 1.54) is 0 Å². The Morgan fingerprint density at radius 3 is 2.37 bits per heavy atom. The lowest BCUT2D eigenvalue weighted by molar-refractivity contribution is -0.190. The second-order valence-corrected chi connectivity index (χ2v) is 6.22. The summed E-state index contributed by atoms with van der Waals surface area (Å²) < 4.78 is 5.50. The van der Waals surface area contributed by atoms with Crippen molar-refractivity contribution in [3.63, 3.8) is 0 Å². The minimum absolute atomic E-state index is 0.348. The van der Waals surface area contributed by atoms with E-state index in [4.69, 9.17) is 10.5 Å². The number of hydrogen-bond acceptors (Lipinski definition) is 6. The lowest BCUT2D eigenvalue weighted by Gasteiger charge is -2.40. The van der Waals surface area contributed by atoms with Gasteiger partial charge in [-0.25, -0.2) is 0 Å². The number of ether oxygens (including phenoxy) is 1. The van der Waals surface area contributed by atoms with Crippen LogP contribution in [0.3, 0.4) is 0 Å². The molecule has 1 heterocycles. The molecule has 1 amide bonds. The number of carbonyl (C=O) groups excluding carboxylic acids is 1. The number of hydrogen-bond donors (Lipinski definition) is 4. The smallest absolute Gasteiger partial charge is 0.279 e. The molecule has 0 spiro atoms. The lowest BCUT2D eigenvalue weighted by Crippen LogP contribution is -2.57. The Labute approximate surface area is 116 Å². The number of amides is 1. The van der Waals surface area contributed by atoms with Crippen LogP contribution >= 0.6 is 11.8 Å². The number of rotatable bonds is 3. The molecule has 1 aliphatic heterocycles. The first-order valence-corrected chi connectivity index (χ1v) is 7.37. The highest BCUT2D eigenvalue weighted by Crippen LogP contribution is 2.34. The molecule has 0 aromatic rings. The molecule has 5 N–H and O–H groups in total. The van der Waals surface area contributed by atoms with Gasteiger partial charge in [-0.05, 0) is 24.1 Å². The van der Waals surface area contributed by atoms with Gasteiger partial charge in [0.15, 0.2) is 0 Å². The molecular weight excluding hydrogens is 270 g/mol. The van der Waals surface area contributed by atoms with E-state index in [0.29, 0.717) is 17.7 Å². The van der Waals surface area contributed by atoms with Gasteiger partial charge in [0, 0.05) is 0 Å². The summed E-state index contributed by atoms with van der Waals surface area (Å²) in [5.74, 6) is 0.348. The standard InChI is InChI=1S/C12H20NO5S/c13-12(17)19-11-10(16)9(15)8(14)7(18-11)5-6-3-1-2-4-6/h5-11,14-16H,1-4H2,(H2,13,17). The van der Waals surface area contributed by atoms with E-state index in [2.05, 4.69) is 0 Å². The van der Waals surface area contributed by atoms with E-state index in [9.17, 15) is 20.1 Å². The minimum atomic E-state index is -1.34. The SMILES string of the molecule is NC(=O)SC1OC([CH]C2CCCC2)C(O)C(O)C1O. The highest BCUT2D eigenvalue weighted by Gasteiger charge is 2.45. The van der Waals surface area contributed by atoms with Crippen LogP contribution in [-0.4, -0.2) is 50.4 Å². The Morgan fingerprint density at radius 2 is 1.79 bits per heavy atom. The van der Waals surface area contributed by atoms with Gasteiger partial charge in [-0.15, -0.1) is 0 Å². The maximum Gasteiger partial charge on any atom is 0.279 e. The summed E-state index contributed by atoms with van der Waals surface area (Å²) in [4.78, 5) is 10.9. The zero-order chi connectivity index (χ0) is 14.0. The van der Waals surface area contributed by atoms with Gasteiger partial charge >= 0.3 is 0 Å². The van der Waals surface area contributed by atoms with Crippen molar-refractivity contribution in [2.75, 3.05) is 0 Å². The van der Waals surface area contributed by atoms with Gasteiger partial charge in [-0.2, -0.15) is 0 Å². The topological polar surface area (TPSA) is 113 Å². The molecule has 7 heteroatoms. The zero-order valence-corrected chi connectivity index (χ0v) is 11.3. The van der Waals surface area contributed by atoms with Crippen molar-refractivity contribution in [2.24, 2.45) is 11.7 Å². The number of aliphatic hydroxyl groups excluding tert-OH is 3. The van der Waals surface area contributed by atoms with E-state index >= 15 is 0 Å². The largest absolute Gasteiger partial charge is 0.388 e. The van der Waals surface area contributed by atoms with E-state index < -0.39 is 35.1 Å². The molecular formula is C12H20NO5S. The maximum absolute atomic E-state index is 10.9. The summed E-state index contributed by atoms with van der Waals surface area (Å²) in [6, 6.07) is 0. The Bertz CT molecular complexity index is 323. The van der Waals surface area contributed by atoms with Gasteiger partial charge < -0.3 is 25.8 Å². The molecule has 1 radical (unpaired) electrons. The van der Waals surface area contributed by atoms with Crippen LogP contribution in [0.25, 0.3) is 0 Å². The molecule has 0 aromatic carbocycles. The molecule has 1 saturated heterocycles. The highest BCUT2D eigenvalue weighted by atomic mass is 32.2. The van der Waals surface area contributed by atoms with Crippen LogP contribution in [0.5, 0.6) is 0 Å². The molecule has 2 fully saturated rings. The molecule has 19 heavy (non-hydrogen) atoms. The molecule has 2 rings (SSSR count). The summed E-state index contributed by atoms with van der Waals surface area (Å²) in [5, 5.41) is 28.8. The Hall–Kier alpha value is -0.340. The lowest BCUT2D eigenvalue weighted by atomic mass is 9.91. The fraction of sp³-hybridized carbons (Fsp3) is 0.833. The number of aliphatic hydroxyl groups is 3. The minimum Gasteiger partial charge on any atom is -0.388 e. The summed E-state index contributed by atoms with van der Waals surface area (Å²) in [6.45, 7) is 0. The van der Waals surface area contributed by atoms with Crippen LogP contribution in [0.2, 0.25) is 0 Å². The normalized spacial score (nSPS) is 40.5. The summed E-state index contributed by atoms with van der Waals surface area (Å²) >= 11 is 0.626. The monoisotopic (exact) mass is 290 g/mol. The predicted octanol–water partition coefficient (Wildman–Crippen LogP) is 0.000390. The van der Waals surface area contributed by atoms with Gasteiger partial charge in [-0.3, -0.25) is 4.79 Å². The molecule has 109 valence electrons. The Morgan fingerprint density at radius 1 is 1.16 bits per heavy atom. The third-order valence-corrected chi connectivity index (χ3v) is 4.56. The molecule has 1 saturated carbocycles. The zero-order valence-electron chi connectivity index (χ0n) is 10.5. The van der Waals surface area contributed by atoms with Crippen LogP contribution in [0, 0.1) is 12.3 Å². The fourth-order valence-corrected chi connectivity index (χ4v) is 3.38. The van der Waals surface area contributed by atoms with Crippen molar-refractivity contribution in [3.05, 3.63) is 6.42 Å². The molecule has 0 bridgehead atoms. The summed E-state index contributed by atoms with van der Waals surface area (Å²) in [5.41, 5.74) is 4.11. The van der Waals surface area contributed by atoms with Crippen molar-refractivity contribution in [1.82, 2.24) is 0 Å². The quantitative estimate of drug-likeness (QED) is 0.582. The maximum atomic E-state index is 10.9. The van der Waals surface area contributed by atoms with Crippen LogP contribution in [0.4, 0.5) is 4.79 Å². The molecule has 5 atom stereocenters. The third-order valence-electron chi connectivity index (χ3n) is 3.70. The molecule has 2 aliphatic rings. The number of carbonyl (C=O) groups is 1. The van der Waals surface area contributed by atoms with Crippen LogP contribution in [0.1, 0.15) is 25.7 Å². The third kappa shape index (κ3) is 3.61. The second kappa shape index (κ2) is 6.41. The molecule has 5 unspecified atom stereocenters. The van der Waals surface area contributed by atoms with E-state index in [1.807, 2.05) is 6.42 Å². The first-order valence-electron chi connectivity index (χ1n) is 6.50. The van der Waals surface area contributed by atoms with E-state index in [0.717, 1.165) is 25.7 Å². The van der Waals surface area contributed by atoms with Crippen molar-refractivity contribution in [1.29, 1.82) is 0 Å². The van der Waals surface area contributed by atoms with Crippen LogP contribution in [-0.2, 0) is 4.74 Å². The van der Waals surface area contributed by atoms with Gasteiger partial charge in [0.2, 0.25) is 0 Å². The summed E-state index contributed by atoms with van der Waals surface area (Å²) in [6.07, 6.45) is 1.72. The van der Waals surface area contributed by atoms with Crippen LogP contribution < -0.4 is 5.73 Å². The van der Waals surface area contributed by atoms with E-state index in [1.54, 1.807) is 0 Å². The van der Waals surface area contributed by atoms with E-state index in [-0.39, 0.29) is 0 Å². The number of thioether (sulfide) groups is 1. The average Bonchev–Trinajstić information content (AvgIpc) is 2.85. The van der Waals surface area contributed by atoms with Gasteiger partial charge in [0.1, 0.15) is 23.7 Å². The predicted molar refractivity (Wildman–Crippen MR) is 70.1 cm³/mol. The first kappa shape index (κ1) is 15.1.